The summed E-state index contributed by atoms with van der Waals surface area (Å²) < 4.78 is 0. The van der Waals surface area contributed by atoms with Gasteiger partial charge in [0.05, 0.1) is 5.60 Å². The molecule has 0 aromatic carbocycles. The zero-order valence-corrected chi connectivity index (χ0v) is 8.43. The summed E-state index contributed by atoms with van der Waals surface area (Å²) >= 11 is 0. The third kappa shape index (κ3) is 5.14. The van der Waals surface area contributed by atoms with Gasteiger partial charge in [0.2, 0.25) is 0 Å². The molecule has 1 N–H and O–H groups in total. The summed E-state index contributed by atoms with van der Waals surface area (Å²) in [5.41, 5.74) is 0.680. The van der Waals surface area contributed by atoms with Gasteiger partial charge in [-0.25, -0.2) is 0 Å². The first-order chi connectivity index (χ1) is 5.52. The lowest BCUT2D eigenvalue weighted by molar-refractivity contribution is 0.103. The summed E-state index contributed by atoms with van der Waals surface area (Å²) in [6.07, 6.45) is 6.56. The predicted molar refractivity (Wildman–Crippen MR) is 54.1 cm³/mol. The molecule has 0 aromatic rings. The Bertz CT molecular complexity index is 166. The molecule has 0 fully saturated rings. The minimum Gasteiger partial charge on any atom is -0.386 e. The number of aliphatic hydroxyl groups is 1. The van der Waals surface area contributed by atoms with Gasteiger partial charge in [-0.1, -0.05) is 24.6 Å². The lowest BCUT2D eigenvalue weighted by atomic mass is 9.99. The van der Waals surface area contributed by atoms with E-state index >= 15 is 0 Å². The van der Waals surface area contributed by atoms with Gasteiger partial charge in [0.1, 0.15) is 0 Å². The van der Waals surface area contributed by atoms with Crippen LogP contribution in [0.25, 0.3) is 0 Å². The van der Waals surface area contributed by atoms with Crippen molar-refractivity contribution in [2.75, 3.05) is 0 Å². The average Bonchev–Trinajstić information content (AvgIpc) is 2.04. The van der Waals surface area contributed by atoms with E-state index in [1.807, 2.05) is 0 Å². The molecule has 1 atom stereocenters. The molecule has 0 aliphatic rings. The Morgan fingerprint density at radius 1 is 1.58 bits per heavy atom. The van der Waals surface area contributed by atoms with Crippen molar-refractivity contribution < 1.29 is 5.11 Å². The molecule has 0 aliphatic carbocycles. The first-order valence-electron chi connectivity index (χ1n) is 4.53. The Hall–Kier alpha value is -0.560. The molecule has 1 heteroatoms. The van der Waals surface area contributed by atoms with Crippen molar-refractivity contribution in [3.8, 4) is 0 Å². The van der Waals surface area contributed by atoms with E-state index in [1.165, 1.54) is 5.57 Å². The fraction of sp³-hybridized carbons (Fsp3) is 0.636. The van der Waals surface area contributed by atoms with Crippen LogP contribution in [0.2, 0.25) is 0 Å². The summed E-state index contributed by atoms with van der Waals surface area (Å²) in [6.45, 7) is 9.62. The second-order valence-electron chi connectivity index (χ2n) is 3.50. The van der Waals surface area contributed by atoms with Crippen molar-refractivity contribution in [3.05, 3.63) is 24.3 Å². The third-order valence-electron chi connectivity index (χ3n) is 2.14. The highest BCUT2D eigenvalue weighted by Gasteiger charge is 2.12. The molecular formula is C11H20O. The monoisotopic (exact) mass is 168 g/mol. The summed E-state index contributed by atoms with van der Waals surface area (Å²) in [6, 6.07) is 0. The molecule has 0 aromatic heterocycles. The van der Waals surface area contributed by atoms with Gasteiger partial charge in [-0.15, -0.1) is 6.58 Å². The Morgan fingerprint density at radius 2 is 2.17 bits per heavy atom. The van der Waals surface area contributed by atoms with Gasteiger partial charge in [0.25, 0.3) is 0 Å². The van der Waals surface area contributed by atoms with E-state index in [9.17, 15) is 5.11 Å². The van der Waals surface area contributed by atoms with Gasteiger partial charge in [0.15, 0.2) is 0 Å². The van der Waals surface area contributed by atoms with E-state index in [4.69, 9.17) is 0 Å². The van der Waals surface area contributed by atoms with Crippen molar-refractivity contribution in [1.29, 1.82) is 0 Å². The lowest BCUT2D eigenvalue weighted by Gasteiger charge is -2.16. The maximum absolute atomic E-state index is 9.56. The van der Waals surface area contributed by atoms with Crippen molar-refractivity contribution in [3.63, 3.8) is 0 Å². The van der Waals surface area contributed by atoms with Crippen LogP contribution in [-0.2, 0) is 0 Å². The Labute approximate surface area is 75.8 Å². The molecule has 0 amide bonds. The number of hydrogen-bond donors (Lipinski definition) is 1. The molecule has 0 rings (SSSR count). The Kier molecular flexibility index (Phi) is 4.91. The molecule has 0 radical (unpaired) electrons. The number of hydrogen-bond acceptors (Lipinski definition) is 1. The maximum atomic E-state index is 9.56. The van der Waals surface area contributed by atoms with Gasteiger partial charge in [0, 0.05) is 0 Å². The molecule has 70 valence electrons. The quantitative estimate of drug-likeness (QED) is 0.625. The molecule has 0 spiro atoms. The highest BCUT2D eigenvalue weighted by molar-refractivity contribution is 4.99. The summed E-state index contributed by atoms with van der Waals surface area (Å²) in [4.78, 5) is 0. The highest BCUT2D eigenvalue weighted by atomic mass is 16.3. The molecule has 1 unspecified atom stereocenters. The third-order valence-corrected chi connectivity index (χ3v) is 2.14. The fourth-order valence-electron chi connectivity index (χ4n) is 0.857. The molecule has 0 saturated carbocycles. The van der Waals surface area contributed by atoms with Crippen molar-refractivity contribution in [1.82, 2.24) is 0 Å². The van der Waals surface area contributed by atoms with Crippen LogP contribution in [-0.4, -0.2) is 10.7 Å². The lowest BCUT2D eigenvalue weighted by Crippen LogP contribution is -2.19. The van der Waals surface area contributed by atoms with Gasteiger partial charge in [-0.3, -0.25) is 0 Å². The summed E-state index contributed by atoms with van der Waals surface area (Å²) in [5.74, 6) is 0. The summed E-state index contributed by atoms with van der Waals surface area (Å²) in [7, 11) is 0. The molecular weight excluding hydrogens is 148 g/mol. The Balaban J connectivity index is 3.77. The van der Waals surface area contributed by atoms with Gasteiger partial charge >= 0.3 is 0 Å². The minimum absolute atomic E-state index is 0.704. The second-order valence-corrected chi connectivity index (χ2v) is 3.50. The van der Waals surface area contributed by atoms with Crippen LogP contribution >= 0.6 is 0 Å². The Morgan fingerprint density at radius 3 is 2.58 bits per heavy atom. The van der Waals surface area contributed by atoms with E-state index in [1.54, 1.807) is 13.0 Å². The zero-order valence-electron chi connectivity index (χ0n) is 8.43. The first-order valence-corrected chi connectivity index (χ1v) is 4.53. The average molecular weight is 168 g/mol. The second kappa shape index (κ2) is 5.15. The molecule has 0 saturated heterocycles. The van der Waals surface area contributed by atoms with Gasteiger partial charge in [-0.05, 0) is 33.1 Å². The molecule has 0 aliphatic heterocycles. The molecule has 12 heavy (non-hydrogen) atoms. The fourth-order valence-corrected chi connectivity index (χ4v) is 0.857. The number of rotatable bonds is 5. The van der Waals surface area contributed by atoms with Crippen molar-refractivity contribution >= 4 is 0 Å². The van der Waals surface area contributed by atoms with Crippen LogP contribution in [0.4, 0.5) is 0 Å². The van der Waals surface area contributed by atoms with E-state index < -0.39 is 5.60 Å². The van der Waals surface area contributed by atoms with E-state index in [0.29, 0.717) is 0 Å². The van der Waals surface area contributed by atoms with Crippen molar-refractivity contribution in [2.24, 2.45) is 0 Å². The first kappa shape index (κ1) is 11.4. The normalized spacial score (nSPS) is 17.2. The zero-order chi connectivity index (χ0) is 9.61. The number of allylic oxidation sites excluding steroid dienone is 2. The SMILES string of the molecule is C=CC(C)(O)CCC=C(C)CC. The summed E-state index contributed by atoms with van der Waals surface area (Å²) in [5, 5.41) is 9.56. The van der Waals surface area contributed by atoms with E-state index in [-0.39, 0.29) is 0 Å². The smallest absolute Gasteiger partial charge is 0.0800 e. The van der Waals surface area contributed by atoms with Crippen LogP contribution in [0.1, 0.15) is 40.0 Å². The predicted octanol–water partition coefficient (Wildman–Crippen LogP) is 3.06. The highest BCUT2D eigenvalue weighted by Crippen LogP contribution is 2.14. The largest absolute Gasteiger partial charge is 0.386 e. The van der Waals surface area contributed by atoms with Gasteiger partial charge < -0.3 is 5.11 Å². The van der Waals surface area contributed by atoms with Crippen LogP contribution in [0.5, 0.6) is 0 Å². The van der Waals surface area contributed by atoms with Crippen LogP contribution in [0.3, 0.4) is 0 Å². The molecule has 0 heterocycles. The van der Waals surface area contributed by atoms with Crippen LogP contribution in [0, 0.1) is 0 Å². The molecule has 0 bridgehead atoms. The molecule has 1 nitrogen and oxygen atoms in total. The van der Waals surface area contributed by atoms with Crippen molar-refractivity contribution in [2.45, 2.75) is 45.6 Å². The van der Waals surface area contributed by atoms with Crippen LogP contribution < -0.4 is 0 Å². The maximum Gasteiger partial charge on any atom is 0.0800 e. The van der Waals surface area contributed by atoms with Crippen LogP contribution in [0.15, 0.2) is 24.3 Å². The standard InChI is InChI=1S/C11H20O/c1-5-10(3)8-7-9-11(4,12)6-2/h6,8,12H,2,5,7,9H2,1,3-4H3. The van der Waals surface area contributed by atoms with Gasteiger partial charge in [-0.2, -0.15) is 0 Å². The topological polar surface area (TPSA) is 20.2 Å². The van der Waals surface area contributed by atoms with E-state index in [2.05, 4.69) is 26.5 Å². The van der Waals surface area contributed by atoms with E-state index in [0.717, 1.165) is 19.3 Å². The minimum atomic E-state index is -0.704.